The lowest BCUT2D eigenvalue weighted by molar-refractivity contribution is 0.0982. The van der Waals surface area contributed by atoms with Crippen LogP contribution in [0.2, 0.25) is 0 Å². The summed E-state index contributed by atoms with van der Waals surface area (Å²) >= 11 is 0. The predicted octanol–water partition coefficient (Wildman–Crippen LogP) is 4.24. The largest absolute Gasteiger partial charge is 0.307 e. The molecule has 2 N–H and O–H groups in total. The van der Waals surface area contributed by atoms with Crippen molar-refractivity contribution in [3.05, 3.63) is 53.6 Å². The molecule has 0 aromatic heterocycles. The van der Waals surface area contributed by atoms with Crippen molar-refractivity contribution in [3.63, 3.8) is 0 Å². The molecule has 8 nitrogen and oxygen atoms in total. The first kappa shape index (κ1) is 26.6. The molecule has 1 aliphatic heterocycles. The van der Waals surface area contributed by atoms with Gasteiger partial charge in [0.2, 0.25) is 20.0 Å². The van der Waals surface area contributed by atoms with Crippen LogP contribution < -0.4 is 14.3 Å². The number of nitrogens with zero attached hydrogens (tertiary/aromatic N) is 1. The summed E-state index contributed by atoms with van der Waals surface area (Å²) in [6.45, 7) is 6.18. The van der Waals surface area contributed by atoms with Gasteiger partial charge < -0.3 is 4.90 Å². The van der Waals surface area contributed by atoms with Gasteiger partial charge in [-0.3, -0.25) is 9.52 Å². The van der Waals surface area contributed by atoms with Crippen LogP contribution in [0.1, 0.15) is 68.8 Å². The van der Waals surface area contributed by atoms with Gasteiger partial charge >= 0.3 is 0 Å². The summed E-state index contributed by atoms with van der Waals surface area (Å²) in [7, 11) is -7.22. The van der Waals surface area contributed by atoms with Crippen LogP contribution in [-0.4, -0.2) is 41.6 Å². The van der Waals surface area contributed by atoms with E-state index in [4.69, 9.17) is 0 Å². The second-order valence-electron chi connectivity index (χ2n) is 10.5. The van der Waals surface area contributed by atoms with Gasteiger partial charge in [-0.2, -0.15) is 0 Å². The van der Waals surface area contributed by atoms with E-state index in [-0.39, 0.29) is 28.2 Å². The molecule has 1 unspecified atom stereocenters. The van der Waals surface area contributed by atoms with E-state index in [2.05, 4.69) is 9.44 Å². The summed E-state index contributed by atoms with van der Waals surface area (Å²) in [6.07, 6.45) is 6.16. The number of benzene rings is 2. The van der Waals surface area contributed by atoms with E-state index in [1.54, 1.807) is 29.2 Å². The van der Waals surface area contributed by atoms with Crippen molar-refractivity contribution in [2.45, 2.75) is 69.2 Å². The minimum absolute atomic E-state index is 0.0559. The summed E-state index contributed by atoms with van der Waals surface area (Å²) in [5.41, 5.74) is 2.26. The van der Waals surface area contributed by atoms with E-state index in [9.17, 15) is 21.6 Å². The molecule has 1 amide bonds. The lowest BCUT2D eigenvalue weighted by Crippen LogP contribution is -2.38. The topological polar surface area (TPSA) is 113 Å². The van der Waals surface area contributed by atoms with E-state index in [1.165, 1.54) is 12.1 Å². The van der Waals surface area contributed by atoms with Gasteiger partial charge in [-0.15, -0.1) is 0 Å². The van der Waals surface area contributed by atoms with Gasteiger partial charge in [0.25, 0.3) is 5.91 Å². The average Bonchev–Trinajstić information content (AvgIpc) is 3.10. The number of nitrogens with one attached hydrogen (secondary N) is 2. The molecule has 1 spiro atoms. The highest BCUT2D eigenvalue weighted by Gasteiger charge is 2.45. The summed E-state index contributed by atoms with van der Waals surface area (Å²) in [4.78, 5) is 15.5. The zero-order valence-electron chi connectivity index (χ0n) is 21.2. The number of amides is 1. The van der Waals surface area contributed by atoms with E-state index in [0.717, 1.165) is 49.6 Å². The van der Waals surface area contributed by atoms with Crippen molar-refractivity contribution in [3.8, 4) is 0 Å². The van der Waals surface area contributed by atoms with Crippen molar-refractivity contribution < 1.29 is 21.6 Å². The van der Waals surface area contributed by atoms with Crippen molar-refractivity contribution in [1.82, 2.24) is 4.72 Å². The molecule has 10 heteroatoms. The third kappa shape index (κ3) is 5.45. The van der Waals surface area contributed by atoms with Gasteiger partial charge in [-0.25, -0.2) is 21.6 Å². The normalized spacial score (nSPS) is 18.3. The molecule has 2 aromatic carbocycles. The highest BCUT2D eigenvalue weighted by molar-refractivity contribution is 7.92. The molecule has 36 heavy (non-hydrogen) atoms. The number of sulfonamides is 2. The molecular weight excluding hydrogens is 498 g/mol. The molecule has 1 aliphatic carbocycles. The van der Waals surface area contributed by atoms with E-state index in [1.807, 2.05) is 26.8 Å². The monoisotopic (exact) mass is 533 g/mol. The summed E-state index contributed by atoms with van der Waals surface area (Å²) < 4.78 is 54.8. The number of carbonyl (C=O) groups is 1. The van der Waals surface area contributed by atoms with Gasteiger partial charge in [0.1, 0.15) is 0 Å². The highest BCUT2D eigenvalue weighted by Crippen LogP contribution is 2.50. The number of carbonyl (C=O) groups excluding carboxylic acids is 1. The smallest absolute Gasteiger partial charge is 0.258 e. The Bertz CT molecular complexity index is 1360. The zero-order valence-corrected chi connectivity index (χ0v) is 22.9. The fourth-order valence-corrected chi connectivity index (χ4v) is 7.18. The van der Waals surface area contributed by atoms with Crippen LogP contribution in [0.4, 0.5) is 11.4 Å². The molecule has 2 aromatic rings. The van der Waals surface area contributed by atoms with Crippen LogP contribution in [0.25, 0.3) is 0 Å². The summed E-state index contributed by atoms with van der Waals surface area (Å²) in [5, 5.41) is 0. The SMILES string of the molecule is CC(C)C(C)NS(=O)(=O)c1cccc(C(=O)N2CC3(CCCCC3)c3cc(NS(C)(=O)=O)ccc32)c1. The fourth-order valence-electron chi connectivity index (χ4n) is 5.18. The molecule has 1 heterocycles. The first-order chi connectivity index (χ1) is 16.8. The number of fused-ring (bicyclic) bond motifs is 2. The van der Waals surface area contributed by atoms with Crippen LogP contribution in [0.5, 0.6) is 0 Å². The predicted molar refractivity (Wildman–Crippen MR) is 142 cm³/mol. The fraction of sp³-hybridized carbons (Fsp3) is 0.500. The standard InChI is InChI=1S/C26H35N3O5S2/c1-18(2)19(3)27-36(33,34)22-10-8-9-20(15-22)25(30)29-17-26(13-6-5-7-14-26)23-16-21(11-12-24(23)29)28-35(4,31)32/h8-12,15-16,18-19,27-28H,5-7,13-14,17H2,1-4H3. The molecule has 2 aliphatic rings. The maximum absolute atomic E-state index is 13.8. The molecule has 0 saturated heterocycles. The molecule has 4 rings (SSSR count). The average molecular weight is 534 g/mol. The zero-order chi connectivity index (χ0) is 26.3. The lowest BCUT2D eigenvalue weighted by atomic mass is 9.70. The molecule has 196 valence electrons. The number of anilines is 2. The van der Waals surface area contributed by atoms with Crippen LogP contribution in [0.15, 0.2) is 47.4 Å². The Labute approximate surface area is 214 Å². The second kappa shape index (κ2) is 9.79. The number of hydrogen-bond donors (Lipinski definition) is 2. The van der Waals surface area contributed by atoms with Crippen molar-refractivity contribution in [1.29, 1.82) is 0 Å². The van der Waals surface area contributed by atoms with Crippen molar-refractivity contribution >= 4 is 37.3 Å². The Kier molecular flexibility index (Phi) is 7.24. The lowest BCUT2D eigenvalue weighted by Gasteiger charge is -2.34. The van der Waals surface area contributed by atoms with Crippen LogP contribution in [-0.2, 0) is 25.5 Å². The summed E-state index contributed by atoms with van der Waals surface area (Å²) in [5.74, 6) is -0.143. The Morgan fingerprint density at radius 3 is 2.31 bits per heavy atom. The Hall–Kier alpha value is -2.43. The van der Waals surface area contributed by atoms with Gasteiger partial charge in [-0.1, -0.05) is 39.2 Å². The minimum Gasteiger partial charge on any atom is -0.307 e. The van der Waals surface area contributed by atoms with E-state index >= 15 is 0 Å². The van der Waals surface area contributed by atoms with Crippen LogP contribution in [0, 0.1) is 5.92 Å². The maximum Gasteiger partial charge on any atom is 0.258 e. The van der Waals surface area contributed by atoms with Crippen LogP contribution >= 0.6 is 0 Å². The van der Waals surface area contributed by atoms with Gasteiger partial charge in [-0.05, 0) is 67.6 Å². The molecule has 0 bridgehead atoms. The highest BCUT2D eigenvalue weighted by atomic mass is 32.2. The second-order valence-corrected chi connectivity index (χ2v) is 14.0. The third-order valence-electron chi connectivity index (χ3n) is 7.41. The number of hydrogen-bond acceptors (Lipinski definition) is 5. The Morgan fingerprint density at radius 2 is 1.67 bits per heavy atom. The molecule has 1 fully saturated rings. The molecule has 0 radical (unpaired) electrons. The molecule has 1 atom stereocenters. The number of rotatable bonds is 7. The maximum atomic E-state index is 13.8. The van der Waals surface area contributed by atoms with Crippen LogP contribution in [0.3, 0.4) is 0 Å². The van der Waals surface area contributed by atoms with Gasteiger partial charge in [0.15, 0.2) is 0 Å². The van der Waals surface area contributed by atoms with Crippen molar-refractivity contribution in [2.24, 2.45) is 5.92 Å². The van der Waals surface area contributed by atoms with Crippen molar-refractivity contribution in [2.75, 3.05) is 22.4 Å². The molecule has 1 saturated carbocycles. The third-order valence-corrected chi connectivity index (χ3v) is 9.57. The Morgan fingerprint density at radius 1 is 0.972 bits per heavy atom. The quantitative estimate of drug-likeness (QED) is 0.553. The van der Waals surface area contributed by atoms with E-state index in [0.29, 0.717) is 17.8 Å². The van der Waals surface area contributed by atoms with E-state index < -0.39 is 20.0 Å². The first-order valence-corrected chi connectivity index (χ1v) is 15.8. The molecular formula is C26H35N3O5S2. The first-order valence-electron chi connectivity index (χ1n) is 12.4. The minimum atomic E-state index is -3.78. The summed E-state index contributed by atoms with van der Waals surface area (Å²) in [6, 6.07) is 11.2. The van der Waals surface area contributed by atoms with Gasteiger partial charge in [0.05, 0.1) is 11.2 Å². The Balaban J connectivity index is 1.69. The van der Waals surface area contributed by atoms with Gasteiger partial charge in [0, 0.05) is 34.9 Å².